The number of aromatic nitrogens is 2. The van der Waals surface area contributed by atoms with E-state index in [9.17, 15) is 0 Å². The van der Waals surface area contributed by atoms with Gasteiger partial charge in [-0.25, -0.2) is 0 Å². The van der Waals surface area contributed by atoms with Gasteiger partial charge in [0.25, 0.3) is 0 Å². The predicted octanol–water partition coefficient (Wildman–Crippen LogP) is 0.239. The topological polar surface area (TPSA) is 68.2 Å². The van der Waals surface area contributed by atoms with Crippen LogP contribution in [0.25, 0.3) is 0 Å². The fourth-order valence-corrected chi connectivity index (χ4v) is 2.05. The van der Waals surface area contributed by atoms with Gasteiger partial charge in [-0.05, 0) is 25.8 Å². The fourth-order valence-electron chi connectivity index (χ4n) is 2.05. The number of nitrogens with zero attached hydrogens (tertiary/aromatic N) is 3. The molecule has 2 rings (SSSR count). The van der Waals surface area contributed by atoms with Crippen LogP contribution in [0.15, 0.2) is 10.9 Å². The highest BCUT2D eigenvalue weighted by Crippen LogP contribution is 2.22. The van der Waals surface area contributed by atoms with Gasteiger partial charge in [-0.1, -0.05) is 5.16 Å². The maximum atomic E-state index is 5.66. The van der Waals surface area contributed by atoms with Gasteiger partial charge in [-0.15, -0.1) is 0 Å². The van der Waals surface area contributed by atoms with Gasteiger partial charge in [0.2, 0.25) is 6.39 Å². The lowest BCUT2D eigenvalue weighted by atomic mass is 10.1. The second-order valence-electron chi connectivity index (χ2n) is 3.96. The monoisotopic (exact) mass is 196 g/mol. The molecular weight excluding hydrogens is 180 g/mol. The van der Waals surface area contributed by atoms with Crippen LogP contribution in [0.5, 0.6) is 0 Å². The first-order valence-electron chi connectivity index (χ1n) is 4.99. The molecule has 1 aromatic heterocycles. The van der Waals surface area contributed by atoms with E-state index in [2.05, 4.69) is 22.0 Å². The Bertz CT molecular complexity index is 274. The Morgan fingerprint density at radius 3 is 3.14 bits per heavy atom. The van der Waals surface area contributed by atoms with Crippen LogP contribution < -0.4 is 5.73 Å². The van der Waals surface area contributed by atoms with Crippen molar-refractivity contribution < 1.29 is 4.52 Å². The van der Waals surface area contributed by atoms with Crippen molar-refractivity contribution in [1.82, 2.24) is 15.0 Å². The molecule has 0 bridgehead atoms. The van der Waals surface area contributed by atoms with E-state index in [0.29, 0.717) is 12.0 Å². The lowest BCUT2D eigenvalue weighted by molar-refractivity contribution is 0.245. The van der Waals surface area contributed by atoms with Crippen molar-refractivity contribution in [2.45, 2.75) is 25.9 Å². The molecule has 14 heavy (non-hydrogen) atoms. The van der Waals surface area contributed by atoms with Gasteiger partial charge in [0, 0.05) is 12.6 Å². The zero-order valence-electron chi connectivity index (χ0n) is 8.39. The summed E-state index contributed by atoms with van der Waals surface area (Å²) in [5.74, 6) is 1.38. The minimum atomic E-state index is 0.571. The third-order valence-electron chi connectivity index (χ3n) is 2.88. The number of hydrogen-bond acceptors (Lipinski definition) is 5. The SMILES string of the molecule is CC1CC(CN)CN1Cc1ncon1. The highest BCUT2D eigenvalue weighted by atomic mass is 16.5. The number of likely N-dealkylation sites (tertiary alicyclic amines) is 1. The maximum Gasteiger partial charge on any atom is 0.213 e. The largest absolute Gasteiger partial charge is 0.343 e. The van der Waals surface area contributed by atoms with E-state index in [1.807, 2.05) is 0 Å². The summed E-state index contributed by atoms with van der Waals surface area (Å²) in [5, 5.41) is 3.81. The molecular formula is C9H16N4O. The molecule has 1 aliphatic heterocycles. The van der Waals surface area contributed by atoms with Crippen molar-refractivity contribution in [2.24, 2.45) is 11.7 Å². The Kier molecular flexibility index (Phi) is 2.79. The second-order valence-corrected chi connectivity index (χ2v) is 3.96. The zero-order chi connectivity index (χ0) is 9.97. The number of hydrogen-bond donors (Lipinski definition) is 1. The van der Waals surface area contributed by atoms with Gasteiger partial charge in [0.05, 0.1) is 6.54 Å². The first kappa shape index (κ1) is 9.61. The molecule has 1 aromatic rings. The van der Waals surface area contributed by atoms with E-state index < -0.39 is 0 Å². The van der Waals surface area contributed by atoms with Gasteiger partial charge in [0.1, 0.15) is 0 Å². The molecule has 2 heterocycles. The molecule has 5 heteroatoms. The van der Waals surface area contributed by atoms with Crippen molar-refractivity contribution in [3.63, 3.8) is 0 Å². The molecule has 1 aliphatic rings. The Morgan fingerprint density at radius 2 is 2.57 bits per heavy atom. The van der Waals surface area contributed by atoms with Crippen LogP contribution in [0, 0.1) is 5.92 Å². The van der Waals surface area contributed by atoms with Crippen molar-refractivity contribution in [1.29, 1.82) is 0 Å². The summed E-state index contributed by atoms with van der Waals surface area (Å²) in [6, 6.07) is 0.571. The average Bonchev–Trinajstić information content (AvgIpc) is 2.78. The zero-order valence-corrected chi connectivity index (χ0v) is 8.39. The standard InChI is InChI=1S/C9H16N4O/c1-7-2-8(3-10)4-13(7)5-9-11-6-14-12-9/h6-8H,2-5,10H2,1H3. The summed E-state index contributed by atoms with van der Waals surface area (Å²) in [6.07, 6.45) is 2.55. The predicted molar refractivity (Wildman–Crippen MR) is 51.3 cm³/mol. The van der Waals surface area contributed by atoms with Crippen LogP contribution >= 0.6 is 0 Å². The summed E-state index contributed by atoms with van der Waals surface area (Å²) in [5.41, 5.74) is 5.66. The summed E-state index contributed by atoms with van der Waals surface area (Å²) in [7, 11) is 0. The molecule has 0 radical (unpaired) electrons. The Morgan fingerprint density at radius 1 is 1.71 bits per heavy atom. The molecule has 1 saturated heterocycles. The first-order chi connectivity index (χ1) is 6.79. The lowest BCUT2D eigenvalue weighted by Gasteiger charge is -2.18. The minimum Gasteiger partial charge on any atom is -0.343 e. The smallest absolute Gasteiger partial charge is 0.213 e. The molecule has 0 spiro atoms. The minimum absolute atomic E-state index is 0.571. The fraction of sp³-hybridized carbons (Fsp3) is 0.778. The maximum absolute atomic E-state index is 5.66. The molecule has 2 atom stereocenters. The number of nitrogens with two attached hydrogens (primary N) is 1. The normalized spacial score (nSPS) is 28.4. The number of rotatable bonds is 3. The molecule has 0 saturated carbocycles. The highest BCUT2D eigenvalue weighted by Gasteiger charge is 2.28. The van der Waals surface area contributed by atoms with Crippen LogP contribution in [0.4, 0.5) is 0 Å². The lowest BCUT2D eigenvalue weighted by Crippen LogP contribution is -2.27. The van der Waals surface area contributed by atoms with Crippen molar-refractivity contribution in [2.75, 3.05) is 13.1 Å². The third kappa shape index (κ3) is 1.93. The van der Waals surface area contributed by atoms with E-state index in [0.717, 1.165) is 25.5 Å². The summed E-state index contributed by atoms with van der Waals surface area (Å²) < 4.78 is 4.70. The van der Waals surface area contributed by atoms with E-state index in [4.69, 9.17) is 10.3 Å². The van der Waals surface area contributed by atoms with E-state index in [-0.39, 0.29) is 0 Å². The van der Waals surface area contributed by atoms with Gasteiger partial charge in [-0.2, -0.15) is 4.98 Å². The van der Waals surface area contributed by atoms with Crippen LogP contribution in [-0.4, -0.2) is 34.2 Å². The van der Waals surface area contributed by atoms with Crippen LogP contribution in [0.1, 0.15) is 19.2 Å². The summed E-state index contributed by atoms with van der Waals surface area (Å²) in [6.45, 7) is 4.81. The second kappa shape index (κ2) is 4.06. The summed E-state index contributed by atoms with van der Waals surface area (Å²) >= 11 is 0. The van der Waals surface area contributed by atoms with Gasteiger partial charge in [0.15, 0.2) is 5.82 Å². The van der Waals surface area contributed by atoms with Gasteiger partial charge in [-0.3, -0.25) is 4.90 Å². The van der Waals surface area contributed by atoms with Gasteiger partial charge >= 0.3 is 0 Å². The Hall–Kier alpha value is -0.940. The van der Waals surface area contributed by atoms with Crippen LogP contribution in [0.2, 0.25) is 0 Å². The molecule has 2 unspecified atom stereocenters. The molecule has 2 N–H and O–H groups in total. The highest BCUT2D eigenvalue weighted by molar-refractivity contribution is 4.87. The quantitative estimate of drug-likeness (QED) is 0.750. The molecule has 0 aromatic carbocycles. The summed E-state index contributed by atoms with van der Waals surface area (Å²) in [4.78, 5) is 6.36. The van der Waals surface area contributed by atoms with E-state index >= 15 is 0 Å². The van der Waals surface area contributed by atoms with Crippen LogP contribution in [0.3, 0.4) is 0 Å². The van der Waals surface area contributed by atoms with E-state index in [1.165, 1.54) is 12.8 Å². The molecule has 78 valence electrons. The molecule has 0 amide bonds. The molecule has 1 fully saturated rings. The Labute approximate surface area is 83.3 Å². The molecule has 0 aliphatic carbocycles. The van der Waals surface area contributed by atoms with Crippen molar-refractivity contribution in [3.05, 3.63) is 12.2 Å². The third-order valence-corrected chi connectivity index (χ3v) is 2.88. The van der Waals surface area contributed by atoms with E-state index in [1.54, 1.807) is 0 Å². The van der Waals surface area contributed by atoms with Gasteiger partial charge < -0.3 is 10.3 Å². The molecule has 5 nitrogen and oxygen atoms in total. The van der Waals surface area contributed by atoms with Crippen molar-refractivity contribution >= 4 is 0 Å². The van der Waals surface area contributed by atoms with Crippen LogP contribution in [-0.2, 0) is 6.54 Å². The first-order valence-corrected chi connectivity index (χ1v) is 4.99. The average molecular weight is 196 g/mol. The Balaban J connectivity index is 1.93. The van der Waals surface area contributed by atoms with Crippen molar-refractivity contribution in [3.8, 4) is 0 Å².